The zero-order chi connectivity index (χ0) is 14.2. The van der Waals surface area contributed by atoms with E-state index in [1.165, 1.54) is 6.07 Å². The average molecular weight is 287 g/mol. The van der Waals surface area contributed by atoms with Gasteiger partial charge in [0.1, 0.15) is 5.82 Å². The summed E-state index contributed by atoms with van der Waals surface area (Å²) < 4.78 is 19.2. The molecule has 2 aliphatic rings. The molecule has 110 valence electrons. The van der Waals surface area contributed by atoms with Crippen LogP contribution in [0.4, 0.5) is 4.39 Å². The zero-order valence-electron chi connectivity index (χ0n) is 11.8. The predicted octanol–water partition coefficient (Wildman–Crippen LogP) is 3.42. The molecule has 1 aliphatic carbocycles. The van der Waals surface area contributed by atoms with Crippen molar-refractivity contribution in [3.8, 4) is 0 Å². The molecular weight excluding hydrogens is 269 g/mol. The molecule has 4 rings (SSSR count). The number of hydrogen-bond acceptors (Lipinski definition) is 4. The first-order valence-electron chi connectivity index (χ1n) is 7.61. The van der Waals surface area contributed by atoms with Gasteiger partial charge in [0.25, 0.3) is 0 Å². The highest BCUT2D eigenvalue weighted by Gasteiger charge is 2.31. The fraction of sp³-hybridized carbons (Fsp3) is 0.500. The summed E-state index contributed by atoms with van der Waals surface area (Å²) in [6.07, 6.45) is 4.49. The van der Waals surface area contributed by atoms with Gasteiger partial charge in [-0.2, -0.15) is 0 Å². The van der Waals surface area contributed by atoms with Gasteiger partial charge in [0.2, 0.25) is 11.8 Å². The van der Waals surface area contributed by atoms with Crippen LogP contribution in [0.1, 0.15) is 55.0 Å². The quantitative estimate of drug-likeness (QED) is 0.864. The number of hydrogen-bond donors (Lipinski definition) is 0. The van der Waals surface area contributed by atoms with Crippen LogP contribution < -0.4 is 0 Å². The van der Waals surface area contributed by atoms with Crippen molar-refractivity contribution in [2.75, 3.05) is 6.54 Å². The summed E-state index contributed by atoms with van der Waals surface area (Å²) in [5.41, 5.74) is 1.04. The first-order chi connectivity index (χ1) is 10.3. The van der Waals surface area contributed by atoms with E-state index in [1.54, 1.807) is 12.1 Å². The third kappa shape index (κ3) is 2.70. The molecule has 0 spiro atoms. The van der Waals surface area contributed by atoms with Crippen molar-refractivity contribution in [2.24, 2.45) is 0 Å². The molecule has 1 aliphatic heterocycles. The lowest BCUT2D eigenvalue weighted by Gasteiger charge is -2.23. The van der Waals surface area contributed by atoms with Crippen molar-refractivity contribution in [3.63, 3.8) is 0 Å². The lowest BCUT2D eigenvalue weighted by molar-refractivity contribution is 0.221. The molecular formula is C16H18FN3O. The summed E-state index contributed by atoms with van der Waals surface area (Å²) in [7, 11) is 0. The molecule has 1 saturated heterocycles. The largest absolute Gasteiger partial charge is 0.424 e. The molecule has 5 heteroatoms. The maximum absolute atomic E-state index is 13.4. The molecule has 21 heavy (non-hydrogen) atoms. The van der Waals surface area contributed by atoms with Crippen molar-refractivity contribution in [3.05, 3.63) is 47.4 Å². The Bertz CT molecular complexity index is 638. The molecule has 1 saturated carbocycles. The highest BCUT2D eigenvalue weighted by molar-refractivity contribution is 5.21. The number of halogens is 1. The average Bonchev–Trinajstić information content (AvgIpc) is 3.05. The van der Waals surface area contributed by atoms with Crippen LogP contribution in [0.5, 0.6) is 0 Å². The molecule has 1 atom stereocenters. The fourth-order valence-electron chi connectivity index (χ4n) is 3.11. The number of aromatic nitrogens is 2. The Morgan fingerprint density at radius 2 is 2.14 bits per heavy atom. The smallest absolute Gasteiger partial charge is 0.230 e. The van der Waals surface area contributed by atoms with Crippen LogP contribution in [0.15, 0.2) is 28.7 Å². The second-order valence-corrected chi connectivity index (χ2v) is 5.99. The van der Waals surface area contributed by atoms with Crippen LogP contribution in [-0.4, -0.2) is 21.6 Å². The van der Waals surface area contributed by atoms with Gasteiger partial charge in [-0.1, -0.05) is 12.1 Å². The van der Waals surface area contributed by atoms with Crippen molar-refractivity contribution >= 4 is 0 Å². The van der Waals surface area contributed by atoms with Gasteiger partial charge in [-0.05, 0) is 49.9 Å². The number of benzene rings is 1. The van der Waals surface area contributed by atoms with Gasteiger partial charge in [0.15, 0.2) is 0 Å². The maximum atomic E-state index is 13.4. The van der Waals surface area contributed by atoms with Crippen LogP contribution in [0.2, 0.25) is 0 Å². The molecule has 0 N–H and O–H groups in total. The standard InChI is InChI=1S/C16H18FN3O/c17-13-4-1-3-12(9-13)14-5-2-8-20(14)10-15-18-19-16(21-15)11-6-7-11/h1,3-4,9,11,14H,2,5-8,10H2/t14-/m0/s1. The number of likely N-dealkylation sites (tertiary alicyclic amines) is 1. The second-order valence-electron chi connectivity index (χ2n) is 5.99. The minimum atomic E-state index is -0.173. The molecule has 1 aromatic heterocycles. The van der Waals surface area contributed by atoms with Gasteiger partial charge in [0.05, 0.1) is 6.54 Å². The van der Waals surface area contributed by atoms with Gasteiger partial charge < -0.3 is 4.42 Å². The van der Waals surface area contributed by atoms with Crippen molar-refractivity contribution in [1.29, 1.82) is 0 Å². The third-order valence-corrected chi connectivity index (χ3v) is 4.34. The van der Waals surface area contributed by atoms with E-state index in [2.05, 4.69) is 15.1 Å². The van der Waals surface area contributed by atoms with Gasteiger partial charge in [-0.3, -0.25) is 4.90 Å². The molecule has 1 aromatic carbocycles. The van der Waals surface area contributed by atoms with E-state index in [9.17, 15) is 4.39 Å². The lowest BCUT2D eigenvalue weighted by atomic mass is 10.0. The van der Waals surface area contributed by atoms with Crippen LogP contribution in [0, 0.1) is 5.82 Å². The van der Waals surface area contributed by atoms with Gasteiger partial charge in [0, 0.05) is 12.0 Å². The highest BCUT2D eigenvalue weighted by atomic mass is 19.1. The predicted molar refractivity (Wildman–Crippen MR) is 75.1 cm³/mol. The summed E-state index contributed by atoms with van der Waals surface area (Å²) in [5.74, 6) is 1.78. The summed E-state index contributed by atoms with van der Waals surface area (Å²) >= 11 is 0. The minimum Gasteiger partial charge on any atom is -0.424 e. The van der Waals surface area contributed by atoms with E-state index in [0.29, 0.717) is 18.4 Å². The van der Waals surface area contributed by atoms with Gasteiger partial charge >= 0.3 is 0 Å². The van der Waals surface area contributed by atoms with E-state index < -0.39 is 0 Å². The zero-order valence-corrected chi connectivity index (χ0v) is 11.8. The Hall–Kier alpha value is -1.75. The first kappa shape index (κ1) is 13.0. The second kappa shape index (κ2) is 5.22. The van der Waals surface area contributed by atoms with E-state index >= 15 is 0 Å². The van der Waals surface area contributed by atoms with E-state index in [4.69, 9.17) is 4.42 Å². The van der Waals surface area contributed by atoms with E-state index in [0.717, 1.165) is 43.7 Å². The summed E-state index contributed by atoms with van der Waals surface area (Å²) in [6, 6.07) is 7.14. The third-order valence-electron chi connectivity index (χ3n) is 4.34. The van der Waals surface area contributed by atoms with E-state index in [1.807, 2.05) is 6.07 Å². The molecule has 0 bridgehead atoms. The van der Waals surface area contributed by atoms with Crippen molar-refractivity contribution < 1.29 is 8.81 Å². The molecule has 2 aromatic rings. The summed E-state index contributed by atoms with van der Waals surface area (Å²) in [5, 5.41) is 8.28. The monoisotopic (exact) mass is 287 g/mol. The minimum absolute atomic E-state index is 0.173. The highest BCUT2D eigenvalue weighted by Crippen LogP contribution is 2.39. The van der Waals surface area contributed by atoms with Crippen molar-refractivity contribution in [2.45, 2.75) is 44.2 Å². The van der Waals surface area contributed by atoms with Crippen LogP contribution in [-0.2, 0) is 6.54 Å². The lowest BCUT2D eigenvalue weighted by Crippen LogP contribution is -2.23. The van der Waals surface area contributed by atoms with Crippen molar-refractivity contribution in [1.82, 2.24) is 15.1 Å². The molecule has 0 amide bonds. The Labute approximate surface area is 123 Å². The van der Waals surface area contributed by atoms with Gasteiger partial charge in [-0.15, -0.1) is 10.2 Å². The van der Waals surface area contributed by atoms with E-state index in [-0.39, 0.29) is 11.9 Å². The maximum Gasteiger partial charge on any atom is 0.230 e. The molecule has 2 heterocycles. The van der Waals surface area contributed by atoms with Crippen LogP contribution in [0.3, 0.4) is 0 Å². The topological polar surface area (TPSA) is 42.2 Å². The number of nitrogens with zero attached hydrogens (tertiary/aromatic N) is 3. The van der Waals surface area contributed by atoms with Gasteiger partial charge in [-0.25, -0.2) is 4.39 Å². The summed E-state index contributed by atoms with van der Waals surface area (Å²) in [6.45, 7) is 1.64. The Balaban J connectivity index is 1.50. The SMILES string of the molecule is Fc1cccc([C@@H]2CCCN2Cc2nnc(C3CC3)o2)c1. The molecule has 0 unspecified atom stereocenters. The first-order valence-corrected chi connectivity index (χ1v) is 7.61. The molecule has 2 fully saturated rings. The fourth-order valence-corrected chi connectivity index (χ4v) is 3.11. The Morgan fingerprint density at radius 1 is 1.24 bits per heavy atom. The summed E-state index contributed by atoms with van der Waals surface area (Å²) in [4.78, 5) is 2.30. The number of rotatable bonds is 4. The Morgan fingerprint density at radius 3 is 2.95 bits per heavy atom. The molecule has 0 radical (unpaired) electrons. The van der Waals surface area contributed by atoms with Crippen LogP contribution in [0.25, 0.3) is 0 Å². The van der Waals surface area contributed by atoms with Crippen LogP contribution >= 0.6 is 0 Å². The normalized spacial score (nSPS) is 22.8. The molecule has 4 nitrogen and oxygen atoms in total. The Kier molecular flexibility index (Phi) is 3.22.